The fraction of sp³-hybridized carbons (Fsp3) is 0.797. The highest BCUT2D eigenvalue weighted by Gasteiger charge is 2.50. The van der Waals surface area contributed by atoms with Crippen molar-refractivity contribution in [3.63, 3.8) is 0 Å². The van der Waals surface area contributed by atoms with Crippen molar-refractivity contribution >= 4 is 23.9 Å². The molecule has 1 rings (SSSR count). The minimum Gasteiger partial charge on any atom is -0.479 e. The van der Waals surface area contributed by atoms with Crippen LogP contribution in [-0.2, 0) is 42.9 Å². The maximum absolute atomic E-state index is 13.1. The van der Waals surface area contributed by atoms with Gasteiger partial charge in [-0.2, -0.15) is 0 Å². The molecule has 12 heteroatoms. The fourth-order valence-corrected chi connectivity index (χ4v) is 8.48. The molecule has 0 aromatic heterocycles. The zero-order valence-electron chi connectivity index (χ0n) is 45.0. The molecule has 1 fully saturated rings. The third-order valence-corrected chi connectivity index (χ3v) is 12.9. The standard InChI is InChI=1S/C59H102O12/c1-4-7-10-13-16-19-22-24-25-26-27-29-31-33-36-39-42-45-51(60)67-48-50(69-52(61)46-43-40-37-35-32-28-23-20-17-14-11-8-5-2)49-68-59-57(55(64)54(63)56(71-59)58(65)66)70-53(62)47-44-41-38-34-30-21-18-15-12-9-6-3/h7,10,15-16,18-19,24-25,50,54-57,59,63-64H,4-6,8-9,11-14,17,20-23,26-49H2,1-3H3,(H,65,66)/b10-7-,18-15-,19-16-,25-24-. The van der Waals surface area contributed by atoms with Gasteiger partial charge in [0.25, 0.3) is 0 Å². The van der Waals surface area contributed by atoms with Gasteiger partial charge in [0.2, 0.25) is 0 Å². The van der Waals surface area contributed by atoms with Crippen LogP contribution in [0.3, 0.4) is 0 Å². The summed E-state index contributed by atoms with van der Waals surface area (Å²) in [5.41, 5.74) is 0. The van der Waals surface area contributed by atoms with Gasteiger partial charge in [-0.25, -0.2) is 4.79 Å². The van der Waals surface area contributed by atoms with Gasteiger partial charge < -0.3 is 39.0 Å². The largest absolute Gasteiger partial charge is 0.479 e. The molecule has 6 unspecified atom stereocenters. The third kappa shape index (κ3) is 38.0. The Kier molecular flexibility index (Phi) is 44.1. The van der Waals surface area contributed by atoms with E-state index in [-0.39, 0.29) is 25.9 Å². The molecule has 0 amide bonds. The van der Waals surface area contributed by atoms with E-state index in [1.54, 1.807) is 0 Å². The molecule has 0 aromatic rings. The maximum atomic E-state index is 13.1. The Labute approximate surface area is 431 Å². The van der Waals surface area contributed by atoms with Crippen LogP contribution < -0.4 is 0 Å². The van der Waals surface area contributed by atoms with Crippen LogP contribution in [0.5, 0.6) is 0 Å². The lowest BCUT2D eigenvalue weighted by molar-refractivity contribution is -0.301. The lowest BCUT2D eigenvalue weighted by Crippen LogP contribution is -2.61. The van der Waals surface area contributed by atoms with Crippen LogP contribution in [-0.4, -0.2) is 89.2 Å². The average Bonchev–Trinajstić information content (AvgIpc) is 3.35. The van der Waals surface area contributed by atoms with E-state index in [0.29, 0.717) is 19.3 Å². The van der Waals surface area contributed by atoms with Crippen LogP contribution in [0, 0.1) is 0 Å². The number of carbonyl (C=O) groups is 4. The van der Waals surface area contributed by atoms with Crippen molar-refractivity contribution in [2.75, 3.05) is 13.2 Å². The van der Waals surface area contributed by atoms with E-state index < -0.39 is 67.3 Å². The molecule has 1 heterocycles. The van der Waals surface area contributed by atoms with Gasteiger partial charge in [-0.05, 0) is 70.6 Å². The summed E-state index contributed by atoms with van der Waals surface area (Å²) in [5.74, 6) is -3.13. The molecule has 3 N–H and O–H groups in total. The number of hydrogen-bond acceptors (Lipinski definition) is 11. The second kappa shape index (κ2) is 47.7. The summed E-state index contributed by atoms with van der Waals surface area (Å²) < 4.78 is 28.4. The Morgan fingerprint density at radius 1 is 0.479 bits per heavy atom. The summed E-state index contributed by atoms with van der Waals surface area (Å²) >= 11 is 0. The quantitative estimate of drug-likeness (QED) is 0.0228. The Morgan fingerprint density at radius 3 is 1.41 bits per heavy atom. The molecule has 0 spiro atoms. The van der Waals surface area contributed by atoms with E-state index in [4.69, 9.17) is 23.7 Å². The third-order valence-electron chi connectivity index (χ3n) is 12.9. The maximum Gasteiger partial charge on any atom is 0.335 e. The number of carbonyl (C=O) groups excluding carboxylic acids is 3. The number of carboxylic acid groups (broad SMARTS) is 1. The van der Waals surface area contributed by atoms with Crippen molar-refractivity contribution < 1.29 is 58.2 Å². The molecule has 0 aromatic carbocycles. The summed E-state index contributed by atoms with van der Waals surface area (Å²) in [5, 5.41) is 31.4. The van der Waals surface area contributed by atoms with Gasteiger partial charge in [-0.15, -0.1) is 0 Å². The first-order valence-electron chi connectivity index (χ1n) is 28.6. The second-order valence-corrected chi connectivity index (χ2v) is 19.5. The van der Waals surface area contributed by atoms with E-state index in [2.05, 4.69) is 69.4 Å². The number of carboxylic acids is 1. The molecule has 0 bridgehead atoms. The molecule has 410 valence electrons. The van der Waals surface area contributed by atoms with Crippen molar-refractivity contribution in [2.45, 2.75) is 289 Å². The van der Waals surface area contributed by atoms with Gasteiger partial charge in [-0.3, -0.25) is 14.4 Å². The summed E-state index contributed by atoms with van der Waals surface area (Å²) in [6, 6.07) is 0. The Balaban J connectivity index is 2.69. The van der Waals surface area contributed by atoms with Crippen molar-refractivity contribution in [3.05, 3.63) is 48.6 Å². The summed E-state index contributed by atoms with van der Waals surface area (Å²) in [7, 11) is 0. The van der Waals surface area contributed by atoms with E-state index >= 15 is 0 Å². The molecular formula is C59H102O12. The Morgan fingerprint density at radius 2 is 0.901 bits per heavy atom. The van der Waals surface area contributed by atoms with Crippen molar-refractivity contribution in [2.24, 2.45) is 0 Å². The van der Waals surface area contributed by atoms with Gasteiger partial charge in [0.1, 0.15) is 18.8 Å². The Hall–Kier alpha value is -3.32. The number of hydrogen-bond donors (Lipinski definition) is 3. The van der Waals surface area contributed by atoms with Crippen LogP contribution in [0.15, 0.2) is 48.6 Å². The summed E-state index contributed by atoms with van der Waals surface area (Å²) in [4.78, 5) is 51.0. The van der Waals surface area contributed by atoms with E-state index in [1.807, 2.05) is 0 Å². The van der Waals surface area contributed by atoms with Crippen molar-refractivity contribution in [1.29, 1.82) is 0 Å². The monoisotopic (exact) mass is 1000 g/mol. The molecule has 1 aliphatic rings. The first-order chi connectivity index (χ1) is 34.6. The van der Waals surface area contributed by atoms with Crippen molar-refractivity contribution in [3.8, 4) is 0 Å². The van der Waals surface area contributed by atoms with Crippen LogP contribution in [0.2, 0.25) is 0 Å². The SMILES string of the molecule is CC/C=C\C/C=C\C/C=C\CCCCCCCCCC(=O)OCC(COC1OC(C(=O)O)C(O)C(O)C1OC(=O)CCCCCCC/C=C\CCCC)OC(=O)CCCCCCCCCCCCCCC. The highest BCUT2D eigenvalue weighted by atomic mass is 16.7. The number of esters is 3. The van der Waals surface area contributed by atoms with Gasteiger partial charge in [-0.1, -0.05) is 211 Å². The number of allylic oxidation sites excluding steroid dienone is 8. The molecule has 12 nitrogen and oxygen atoms in total. The first-order valence-corrected chi connectivity index (χ1v) is 28.6. The minimum atomic E-state index is -1.90. The zero-order chi connectivity index (χ0) is 51.8. The molecular weight excluding hydrogens is 901 g/mol. The van der Waals surface area contributed by atoms with Gasteiger partial charge in [0.05, 0.1) is 6.61 Å². The second-order valence-electron chi connectivity index (χ2n) is 19.5. The molecule has 6 atom stereocenters. The minimum absolute atomic E-state index is 0.0505. The summed E-state index contributed by atoms with van der Waals surface area (Å²) in [6.07, 6.45) is 43.8. The lowest BCUT2D eigenvalue weighted by atomic mass is 9.98. The first kappa shape index (κ1) is 65.7. The van der Waals surface area contributed by atoms with E-state index in [1.165, 1.54) is 83.5 Å². The summed E-state index contributed by atoms with van der Waals surface area (Å²) in [6.45, 7) is 5.83. The van der Waals surface area contributed by atoms with Gasteiger partial charge in [0.15, 0.2) is 24.6 Å². The van der Waals surface area contributed by atoms with Crippen LogP contribution >= 0.6 is 0 Å². The number of aliphatic hydroxyl groups is 2. The Bertz CT molecular complexity index is 1420. The molecule has 0 saturated carbocycles. The predicted octanol–water partition coefficient (Wildman–Crippen LogP) is 14.2. The van der Waals surface area contributed by atoms with Gasteiger partial charge >= 0.3 is 23.9 Å². The van der Waals surface area contributed by atoms with E-state index in [9.17, 15) is 34.5 Å². The number of unbranched alkanes of at least 4 members (excludes halogenated alkanes) is 26. The number of aliphatic carboxylic acids is 1. The van der Waals surface area contributed by atoms with Crippen molar-refractivity contribution in [1.82, 2.24) is 0 Å². The van der Waals surface area contributed by atoms with Crippen LogP contribution in [0.1, 0.15) is 252 Å². The van der Waals surface area contributed by atoms with Crippen LogP contribution in [0.25, 0.3) is 0 Å². The average molecular weight is 1000 g/mol. The molecule has 71 heavy (non-hydrogen) atoms. The molecule has 0 aliphatic carbocycles. The highest BCUT2D eigenvalue weighted by molar-refractivity contribution is 5.74. The number of ether oxygens (including phenoxy) is 5. The smallest absolute Gasteiger partial charge is 0.335 e. The number of rotatable bonds is 48. The predicted molar refractivity (Wildman–Crippen MR) is 285 cm³/mol. The lowest BCUT2D eigenvalue weighted by Gasteiger charge is -2.40. The highest BCUT2D eigenvalue weighted by Crippen LogP contribution is 2.26. The molecule has 1 aliphatic heterocycles. The molecule has 1 saturated heterocycles. The molecule has 0 radical (unpaired) electrons. The number of aliphatic hydroxyl groups excluding tert-OH is 2. The van der Waals surface area contributed by atoms with Gasteiger partial charge in [0, 0.05) is 19.3 Å². The van der Waals surface area contributed by atoms with Crippen LogP contribution in [0.4, 0.5) is 0 Å². The zero-order valence-corrected chi connectivity index (χ0v) is 45.0. The topological polar surface area (TPSA) is 175 Å². The normalized spacial score (nSPS) is 18.8. The van der Waals surface area contributed by atoms with E-state index in [0.717, 1.165) is 109 Å². The fourth-order valence-electron chi connectivity index (χ4n) is 8.48.